The lowest BCUT2D eigenvalue weighted by atomic mass is 10.1. The SMILES string of the molecule is Cc1c(CNc2c(Cl)cc(N)cc2C(=O)O)cnn1C. The predicted octanol–water partition coefficient (Wildman–Crippen LogP) is 2.27. The minimum absolute atomic E-state index is 0.0524. The van der Waals surface area contributed by atoms with Crippen LogP contribution in [0, 0.1) is 6.92 Å². The molecule has 4 N–H and O–H groups in total. The fourth-order valence-corrected chi connectivity index (χ4v) is 2.17. The molecular formula is C13H15ClN4O2. The van der Waals surface area contributed by atoms with Crippen LogP contribution in [0.1, 0.15) is 21.6 Å². The van der Waals surface area contributed by atoms with Crippen LogP contribution in [0.15, 0.2) is 18.3 Å². The molecule has 0 atom stereocenters. The van der Waals surface area contributed by atoms with Crippen LogP contribution in [0.2, 0.25) is 5.02 Å². The number of halogens is 1. The fourth-order valence-electron chi connectivity index (χ4n) is 1.88. The van der Waals surface area contributed by atoms with E-state index in [1.54, 1.807) is 10.9 Å². The van der Waals surface area contributed by atoms with E-state index < -0.39 is 5.97 Å². The first-order valence-electron chi connectivity index (χ1n) is 5.93. The molecule has 1 aromatic carbocycles. The van der Waals surface area contributed by atoms with Gasteiger partial charge in [0.15, 0.2) is 0 Å². The largest absolute Gasteiger partial charge is 0.478 e. The third kappa shape index (κ3) is 2.70. The van der Waals surface area contributed by atoms with E-state index in [0.29, 0.717) is 17.9 Å². The Hall–Kier alpha value is -2.21. The molecule has 6 nitrogen and oxygen atoms in total. The van der Waals surface area contributed by atoms with Crippen LogP contribution in [0.25, 0.3) is 0 Å². The van der Waals surface area contributed by atoms with Gasteiger partial charge in [-0.15, -0.1) is 0 Å². The molecular weight excluding hydrogens is 280 g/mol. The lowest BCUT2D eigenvalue weighted by molar-refractivity contribution is 0.0698. The van der Waals surface area contributed by atoms with Crippen molar-refractivity contribution >= 4 is 28.9 Å². The van der Waals surface area contributed by atoms with Crippen LogP contribution in [-0.2, 0) is 13.6 Å². The highest BCUT2D eigenvalue weighted by Crippen LogP contribution is 2.29. The fraction of sp³-hybridized carbons (Fsp3) is 0.231. The molecule has 0 aliphatic rings. The highest BCUT2D eigenvalue weighted by molar-refractivity contribution is 6.34. The first-order valence-corrected chi connectivity index (χ1v) is 6.31. The van der Waals surface area contributed by atoms with Crippen molar-refractivity contribution in [2.24, 2.45) is 7.05 Å². The summed E-state index contributed by atoms with van der Waals surface area (Å²) in [6.45, 7) is 2.37. The Bertz CT molecular complexity index is 667. The lowest BCUT2D eigenvalue weighted by Gasteiger charge is -2.12. The molecule has 0 fully saturated rings. The molecule has 0 aliphatic carbocycles. The van der Waals surface area contributed by atoms with E-state index in [9.17, 15) is 9.90 Å². The zero-order valence-corrected chi connectivity index (χ0v) is 11.9. The summed E-state index contributed by atoms with van der Waals surface area (Å²) in [6.07, 6.45) is 1.73. The van der Waals surface area contributed by atoms with Crippen molar-refractivity contribution in [2.45, 2.75) is 13.5 Å². The Morgan fingerprint density at radius 3 is 2.80 bits per heavy atom. The molecule has 2 aromatic rings. The minimum atomic E-state index is -1.08. The average Bonchev–Trinajstić information content (AvgIpc) is 2.68. The maximum atomic E-state index is 11.2. The summed E-state index contributed by atoms with van der Waals surface area (Å²) in [5.74, 6) is -1.08. The molecule has 0 unspecified atom stereocenters. The first-order chi connectivity index (χ1) is 9.40. The molecule has 0 amide bonds. The van der Waals surface area contributed by atoms with E-state index in [4.69, 9.17) is 17.3 Å². The molecule has 0 saturated carbocycles. The second-order valence-electron chi connectivity index (χ2n) is 4.46. The Balaban J connectivity index is 2.29. The summed E-state index contributed by atoms with van der Waals surface area (Å²) >= 11 is 6.06. The van der Waals surface area contributed by atoms with E-state index in [-0.39, 0.29) is 10.6 Å². The van der Waals surface area contributed by atoms with Crippen LogP contribution in [0.3, 0.4) is 0 Å². The van der Waals surface area contributed by atoms with Crippen molar-refractivity contribution in [1.29, 1.82) is 0 Å². The number of aryl methyl sites for hydroxylation is 1. The molecule has 2 rings (SSSR count). The van der Waals surface area contributed by atoms with Gasteiger partial charge in [0, 0.05) is 30.5 Å². The van der Waals surface area contributed by atoms with Crippen molar-refractivity contribution in [3.63, 3.8) is 0 Å². The van der Waals surface area contributed by atoms with Gasteiger partial charge in [0.25, 0.3) is 0 Å². The summed E-state index contributed by atoms with van der Waals surface area (Å²) in [4.78, 5) is 11.2. The van der Waals surface area contributed by atoms with Crippen molar-refractivity contribution < 1.29 is 9.90 Å². The predicted molar refractivity (Wildman–Crippen MR) is 78.1 cm³/mol. The van der Waals surface area contributed by atoms with Gasteiger partial charge in [-0.3, -0.25) is 4.68 Å². The molecule has 0 spiro atoms. The van der Waals surface area contributed by atoms with Gasteiger partial charge in [-0.2, -0.15) is 5.10 Å². The first kappa shape index (κ1) is 14.2. The molecule has 1 heterocycles. The number of nitrogen functional groups attached to an aromatic ring is 1. The Morgan fingerprint density at radius 1 is 1.55 bits per heavy atom. The maximum Gasteiger partial charge on any atom is 0.337 e. The number of carboxylic acid groups (broad SMARTS) is 1. The molecule has 20 heavy (non-hydrogen) atoms. The van der Waals surface area contributed by atoms with Crippen LogP contribution < -0.4 is 11.1 Å². The van der Waals surface area contributed by atoms with Crippen molar-refractivity contribution in [3.05, 3.63) is 40.2 Å². The Morgan fingerprint density at radius 2 is 2.25 bits per heavy atom. The zero-order valence-electron chi connectivity index (χ0n) is 11.1. The van der Waals surface area contributed by atoms with Crippen LogP contribution in [0.4, 0.5) is 11.4 Å². The normalized spacial score (nSPS) is 10.6. The molecule has 0 radical (unpaired) electrons. The second kappa shape index (κ2) is 5.42. The van der Waals surface area contributed by atoms with Crippen LogP contribution in [-0.4, -0.2) is 20.9 Å². The minimum Gasteiger partial charge on any atom is -0.478 e. The van der Waals surface area contributed by atoms with Crippen LogP contribution >= 0.6 is 11.6 Å². The number of nitrogens with one attached hydrogen (secondary N) is 1. The number of aromatic nitrogens is 2. The van der Waals surface area contributed by atoms with Gasteiger partial charge in [-0.05, 0) is 19.1 Å². The number of anilines is 2. The summed E-state index contributed by atoms with van der Waals surface area (Å²) in [6, 6.07) is 2.90. The summed E-state index contributed by atoms with van der Waals surface area (Å²) in [5.41, 5.74) is 8.31. The summed E-state index contributed by atoms with van der Waals surface area (Å²) in [7, 11) is 1.84. The zero-order chi connectivity index (χ0) is 14.9. The molecule has 0 bridgehead atoms. The van der Waals surface area contributed by atoms with E-state index >= 15 is 0 Å². The Labute approximate surface area is 121 Å². The van der Waals surface area contributed by atoms with Crippen LogP contribution in [0.5, 0.6) is 0 Å². The summed E-state index contributed by atoms with van der Waals surface area (Å²) < 4.78 is 1.75. The van der Waals surface area contributed by atoms with E-state index in [0.717, 1.165) is 11.3 Å². The topological polar surface area (TPSA) is 93.2 Å². The number of carbonyl (C=O) groups is 1. The highest BCUT2D eigenvalue weighted by atomic mass is 35.5. The van der Waals surface area contributed by atoms with Crippen molar-refractivity contribution in [1.82, 2.24) is 9.78 Å². The number of benzene rings is 1. The maximum absolute atomic E-state index is 11.2. The third-order valence-electron chi connectivity index (χ3n) is 3.14. The standard InChI is InChI=1S/C13H15ClN4O2/c1-7-8(6-17-18(7)2)5-16-12-10(13(19)20)3-9(15)4-11(12)14/h3-4,6,16H,5,15H2,1-2H3,(H,19,20). The number of hydrogen-bond acceptors (Lipinski definition) is 4. The molecule has 7 heteroatoms. The van der Waals surface area contributed by atoms with Crippen molar-refractivity contribution in [2.75, 3.05) is 11.1 Å². The Kier molecular flexibility index (Phi) is 3.85. The van der Waals surface area contributed by atoms with E-state index in [2.05, 4.69) is 10.4 Å². The highest BCUT2D eigenvalue weighted by Gasteiger charge is 2.15. The summed E-state index contributed by atoms with van der Waals surface area (Å²) in [5, 5.41) is 16.6. The van der Waals surface area contributed by atoms with Gasteiger partial charge in [0.2, 0.25) is 0 Å². The number of nitrogens with zero attached hydrogens (tertiary/aromatic N) is 2. The molecule has 1 aromatic heterocycles. The second-order valence-corrected chi connectivity index (χ2v) is 4.87. The van der Waals surface area contributed by atoms with E-state index in [1.165, 1.54) is 12.1 Å². The van der Waals surface area contributed by atoms with E-state index in [1.807, 2.05) is 14.0 Å². The molecule has 106 valence electrons. The number of aromatic carboxylic acids is 1. The monoisotopic (exact) mass is 294 g/mol. The van der Waals surface area contributed by atoms with Gasteiger partial charge in [-0.25, -0.2) is 4.79 Å². The smallest absolute Gasteiger partial charge is 0.337 e. The number of rotatable bonds is 4. The van der Waals surface area contributed by atoms with Gasteiger partial charge >= 0.3 is 5.97 Å². The number of carboxylic acids is 1. The van der Waals surface area contributed by atoms with Gasteiger partial charge in [-0.1, -0.05) is 11.6 Å². The van der Waals surface area contributed by atoms with Gasteiger partial charge < -0.3 is 16.2 Å². The van der Waals surface area contributed by atoms with Gasteiger partial charge in [0.05, 0.1) is 22.5 Å². The lowest BCUT2D eigenvalue weighted by Crippen LogP contribution is -2.08. The number of nitrogens with two attached hydrogens (primary N) is 1. The number of hydrogen-bond donors (Lipinski definition) is 3. The molecule has 0 aliphatic heterocycles. The average molecular weight is 295 g/mol. The van der Waals surface area contributed by atoms with Gasteiger partial charge in [0.1, 0.15) is 0 Å². The quantitative estimate of drug-likeness (QED) is 0.752. The third-order valence-corrected chi connectivity index (χ3v) is 3.43. The van der Waals surface area contributed by atoms with Crippen molar-refractivity contribution in [3.8, 4) is 0 Å². The molecule has 0 saturated heterocycles.